The van der Waals surface area contributed by atoms with E-state index >= 15 is 0 Å². The molecule has 1 heterocycles. The van der Waals surface area contributed by atoms with Crippen LogP contribution in [0.2, 0.25) is 0 Å². The van der Waals surface area contributed by atoms with Crippen LogP contribution in [0, 0.1) is 0 Å². The van der Waals surface area contributed by atoms with Crippen molar-refractivity contribution in [1.29, 1.82) is 0 Å². The molecule has 0 spiro atoms. The van der Waals surface area contributed by atoms with Crippen molar-refractivity contribution < 1.29 is 9.90 Å². The Kier molecular flexibility index (Phi) is 3.31. The molecule has 0 aliphatic heterocycles. The van der Waals surface area contributed by atoms with E-state index in [0.717, 1.165) is 11.1 Å². The van der Waals surface area contributed by atoms with Crippen molar-refractivity contribution in [1.82, 2.24) is 4.98 Å². The molecule has 2 aromatic rings. The van der Waals surface area contributed by atoms with Crippen molar-refractivity contribution in [3.8, 4) is 0 Å². The molecule has 0 saturated heterocycles. The Morgan fingerprint density at radius 3 is 2.18 bits per heavy atom. The lowest BCUT2D eigenvalue weighted by Crippen LogP contribution is -1.94. The van der Waals surface area contributed by atoms with E-state index in [0.29, 0.717) is 5.57 Å². The van der Waals surface area contributed by atoms with Crippen LogP contribution >= 0.6 is 0 Å². The third kappa shape index (κ3) is 2.78. The fraction of sp³-hybridized carbons (Fsp3) is 0. The molecule has 17 heavy (non-hydrogen) atoms. The molecular weight excluding hydrogens is 214 g/mol. The topological polar surface area (TPSA) is 50.2 Å². The van der Waals surface area contributed by atoms with Gasteiger partial charge in [0.25, 0.3) is 0 Å². The minimum Gasteiger partial charge on any atom is -0.478 e. The number of aromatic nitrogens is 1. The van der Waals surface area contributed by atoms with Gasteiger partial charge < -0.3 is 5.11 Å². The van der Waals surface area contributed by atoms with Crippen LogP contribution in [0.15, 0.2) is 60.9 Å². The zero-order valence-corrected chi connectivity index (χ0v) is 9.08. The van der Waals surface area contributed by atoms with Gasteiger partial charge in [0.2, 0.25) is 0 Å². The van der Waals surface area contributed by atoms with Crippen molar-refractivity contribution in [3.05, 3.63) is 72.1 Å². The summed E-state index contributed by atoms with van der Waals surface area (Å²) in [5.41, 5.74) is 2.40. The summed E-state index contributed by atoms with van der Waals surface area (Å²) in [6, 6.07) is 13.0. The second-order valence-electron chi connectivity index (χ2n) is 3.50. The Balaban J connectivity index is 2.51. The van der Waals surface area contributed by atoms with Gasteiger partial charge in [-0.25, -0.2) is 4.79 Å². The zero-order chi connectivity index (χ0) is 12.1. The molecule has 0 fully saturated rings. The summed E-state index contributed by atoms with van der Waals surface area (Å²) in [6.07, 6.45) is 4.51. The lowest BCUT2D eigenvalue weighted by Gasteiger charge is -2.06. The Hall–Kier alpha value is -2.42. The smallest absolute Gasteiger partial charge is 0.328 e. The summed E-state index contributed by atoms with van der Waals surface area (Å²) in [5.74, 6) is -0.958. The maximum absolute atomic E-state index is 10.9. The van der Waals surface area contributed by atoms with Crippen molar-refractivity contribution in [2.75, 3.05) is 0 Å². The highest BCUT2D eigenvalue weighted by Gasteiger charge is 2.06. The standard InChI is InChI=1S/C14H11NO2/c16-14(17)10-13(11-4-2-1-3-5-11)12-6-8-15-9-7-12/h1-10H,(H,16,17)/b13-10-. The van der Waals surface area contributed by atoms with Crippen LogP contribution in [0.1, 0.15) is 11.1 Å². The summed E-state index contributed by atoms with van der Waals surface area (Å²) in [6.45, 7) is 0. The summed E-state index contributed by atoms with van der Waals surface area (Å²) in [4.78, 5) is 14.8. The normalized spacial score (nSPS) is 11.2. The Morgan fingerprint density at radius 2 is 1.59 bits per heavy atom. The Bertz CT molecular complexity index is 491. The molecule has 0 saturated carbocycles. The van der Waals surface area contributed by atoms with Crippen molar-refractivity contribution in [2.24, 2.45) is 0 Å². The molecule has 0 radical (unpaired) electrons. The van der Waals surface area contributed by atoms with Gasteiger partial charge in [0, 0.05) is 18.5 Å². The van der Waals surface area contributed by atoms with Crippen LogP contribution in [0.4, 0.5) is 0 Å². The van der Waals surface area contributed by atoms with E-state index in [4.69, 9.17) is 5.11 Å². The van der Waals surface area contributed by atoms with Gasteiger partial charge in [0.05, 0.1) is 0 Å². The first-order valence-electron chi connectivity index (χ1n) is 5.18. The highest BCUT2D eigenvalue weighted by atomic mass is 16.4. The molecular formula is C14H11NO2. The molecule has 0 aliphatic carbocycles. The van der Waals surface area contributed by atoms with Crippen LogP contribution in [0.5, 0.6) is 0 Å². The first kappa shape index (κ1) is 11.1. The molecule has 0 atom stereocenters. The highest BCUT2D eigenvalue weighted by Crippen LogP contribution is 2.22. The fourth-order valence-corrected chi connectivity index (χ4v) is 1.61. The zero-order valence-electron chi connectivity index (χ0n) is 9.08. The van der Waals surface area contributed by atoms with Gasteiger partial charge in [0.15, 0.2) is 0 Å². The monoisotopic (exact) mass is 225 g/mol. The third-order valence-corrected chi connectivity index (χ3v) is 2.34. The largest absolute Gasteiger partial charge is 0.478 e. The molecule has 2 rings (SSSR count). The van der Waals surface area contributed by atoms with Gasteiger partial charge in [-0.2, -0.15) is 0 Å². The Labute approximate surface area is 99.1 Å². The number of pyridine rings is 1. The van der Waals surface area contributed by atoms with E-state index in [2.05, 4.69) is 4.98 Å². The quantitative estimate of drug-likeness (QED) is 0.817. The van der Waals surface area contributed by atoms with E-state index < -0.39 is 5.97 Å². The molecule has 0 amide bonds. The van der Waals surface area contributed by atoms with Gasteiger partial charge in [-0.05, 0) is 28.8 Å². The average Bonchev–Trinajstić information content (AvgIpc) is 2.38. The number of rotatable bonds is 3. The van der Waals surface area contributed by atoms with Crippen LogP contribution < -0.4 is 0 Å². The molecule has 3 nitrogen and oxygen atoms in total. The number of carboxylic acid groups (broad SMARTS) is 1. The third-order valence-electron chi connectivity index (χ3n) is 2.34. The van der Waals surface area contributed by atoms with Gasteiger partial charge in [0.1, 0.15) is 0 Å². The minimum absolute atomic E-state index is 0.681. The number of carbonyl (C=O) groups is 1. The highest BCUT2D eigenvalue weighted by molar-refractivity contribution is 5.95. The Morgan fingerprint density at radius 1 is 1.00 bits per heavy atom. The van der Waals surface area contributed by atoms with Crippen LogP contribution in [-0.4, -0.2) is 16.1 Å². The summed E-state index contributed by atoms with van der Waals surface area (Å²) in [5, 5.41) is 8.91. The number of aliphatic carboxylic acids is 1. The first-order chi connectivity index (χ1) is 8.27. The maximum Gasteiger partial charge on any atom is 0.328 e. The predicted molar refractivity (Wildman–Crippen MR) is 65.4 cm³/mol. The molecule has 1 aromatic carbocycles. The maximum atomic E-state index is 10.9. The number of nitrogens with zero attached hydrogens (tertiary/aromatic N) is 1. The predicted octanol–water partition coefficient (Wildman–Crippen LogP) is 2.60. The van der Waals surface area contributed by atoms with Gasteiger partial charge in [-0.1, -0.05) is 30.3 Å². The number of hydrogen-bond acceptors (Lipinski definition) is 2. The molecule has 0 unspecified atom stereocenters. The molecule has 1 aromatic heterocycles. The van der Waals surface area contributed by atoms with E-state index in [9.17, 15) is 4.79 Å². The van der Waals surface area contributed by atoms with Crippen LogP contribution in [0.3, 0.4) is 0 Å². The second kappa shape index (κ2) is 5.07. The minimum atomic E-state index is -0.958. The fourth-order valence-electron chi connectivity index (χ4n) is 1.61. The molecule has 0 bridgehead atoms. The summed E-state index contributed by atoms with van der Waals surface area (Å²) in [7, 11) is 0. The lowest BCUT2D eigenvalue weighted by atomic mass is 9.98. The molecule has 1 N–H and O–H groups in total. The van der Waals surface area contributed by atoms with E-state index in [1.807, 2.05) is 30.3 Å². The number of carboxylic acids is 1. The van der Waals surface area contributed by atoms with E-state index in [1.54, 1.807) is 24.5 Å². The van der Waals surface area contributed by atoms with Crippen molar-refractivity contribution >= 4 is 11.5 Å². The molecule has 84 valence electrons. The second-order valence-corrected chi connectivity index (χ2v) is 3.50. The van der Waals surface area contributed by atoms with E-state index in [-0.39, 0.29) is 0 Å². The van der Waals surface area contributed by atoms with Crippen LogP contribution in [0.25, 0.3) is 5.57 Å². The van der Waals surface area contributed by atoms with Crippen molar-refractivity contribution in [2.45, 2.75) is 0 Å². The molecule has 3 heteroatoms. The van der Waals surface area contributed by atoms with Gasteiger partial charge >= 0.3 is 5.97 Å². The first-order valence-corrected chi connectivity index (χ1v) is 5.18. The van der Waals surface area contributed by atoms with Gasteiger partial charge in [-0.15, -0.1) is 0 Å². The van der Waals surface area contributed by atoms with Crippen LogP contribution in [-0.2, 0) is 4.79 Å². The average molecular weight is 225 g/mol. The summed E-state index contributed by atoms with van der Waals surface area (Å²) >= 11 is 0. The van der Waals surface area contributed by atoms with Crippen molar-refractivity contribution in [3.63, 3.8) is 0 Å². The SMILES string of the molecule is O=C(O)/C=C(/c1ccccc1)c1ccncc1. The summed E-state index contributed by atoms with van der Waals surface area (Å²) < 4.78 is 0. The van der Waals surface area contributed by atoms with E-state index in [1.165, 1.54) is 6.08 Å². The molecule has 0 aliphatic rings. The lowest BCUT2D eigenvalue weighted by molar-refractivity contribution is -0.131. The number of benzene rings is 1. The number of hydrogen-bond donors (Lipinski definition) is 1. The van der Waals surface area contributed by atoms with Gasteiger partial charge in [-0.3, -0.25) is 4.98 Å².